The molecule has 0 atom stereocenters. The first kappa shape index (κ1) is 23.9. The molecular weight excluding hydrogens is 508 g/mol. The second kappa shape index (κ2) is 9.56. The highest BCUT2D eigenvalue weighted by Gasteiger charge is 2.52. The second-order valence-corrected chi connectivity index (χ2v) is 11.4. The minimum absolute atomic E-state index is 0.116. The Labute approximate surface area is 202 Å². The second-order valence-electron chi connectivity index (χ2n) is 8.50. The molecule has 2 aliphatic rings. The number of esters is 1. The third-order valence-electron chi connectivity index (χ3n) is 6.40. The smallest absolute Gasteiger partial charge is 0.316 e. The van der Waals surface area contributed by atoms with Crippen molar-refractivity contribution in [2.45, 2.75) is 42.9 Å². The van der Waals surface area contributed by atoms with E-state index in [1.165, 1.54) is 4.31 Å². The molecule has 33 heavy (non-hydrogen) atoms. The van der Waals surface area contributed by atoms with E-state index in [9.17, 15) is 18.0 Å². The Bertz CT molecular complexity index is 1120. The van der Waals surface area contributed by atoms with Gasteiger partial charge in [-0.1, -0.05) is 28.1 Å². The number of hydrogen-bond donors (Lipinski definition) is 1. The van der Waals surface area contributed by atoms with Crippen LogP contribution in [0.5, 0.6) is 0 Å². The lowest BCUT2D eigenvalue weighted by molar-refractivity contribution is -0.146. The van der Waals surface area contributed by atoms with Crippen LogP contribution in [-0.4, -0.2) is 44.3 Å². The molecule has 9 heteroatoms. The molecule has 1 amide bonds. The summed E-state index contributed by atoms with van der Waals surface area (Å²) >= 11 is 3.31. The fourth-order valence-electron chi connectivity index (χ4n) is 4.24. The minimum atomic E-state index is -3.57. The first-order chi connectivity index (χ1) is 15.8. The van der Waals surface area contributed by atoms with E-state index in [0.29, 0.717) is 38.2 Å². The number of carbonyl (C=O) groups excluding carboxylic acids is 2. The van der Waals surface area contributed by atoms with Crippen molar-refractivity contribution in [2.75, 3.05) is 25.0 Å². The van der Waals surface area contributed by atoms with Gasteiger partial charge in [0.1, 0.15) is 0 Å². The van der Waals surface area contributed by atoms with E-state index in [1.54, 1.807) is 43.3 Å². The van der Waals surface area contributed by atoms with Gasteiger partial charge >= 0.3 is 5.97 Å². The number of benzene rings is 2. The minimum Gasteiger partial charge on any atom is -0.465 e. The maximum Gasteiger partial charge on any atom is 0.316 e. The summed E-state index contributed by atoms with van der Waals surface area (Å²) in [6.45, 7) is 2.76. The number of carbonyl (C=O) groups is 2. The summed E-state index contributed by atoms with van der Waals surface area (Å²) in [5.41, 5.74) is 1.03. The third kappa shape index (κ3) is 5.00. The van der Waals surface area contributed by atoms with Gasteiger partial charge in [0.15, 0.2) is 0 Å². The van der Waals surface area contributed by atoms with E-state index in [2.05, 4.69) is 21.2 Å². The standard InChI is InChI=1S/C24H27BrN2O5S/c1-2-32-23(29)24(13-14-24)18-3-7-20(8-4-18)26-22(28)17-11-15-27(16-12-17)33(30,31)21-9-5-19(25)6-10-21/h3-10,17H,2,11-16H2,1H3,(H,26,28). The quantitative estimate of drug-likeness (QED) is 0.540. The van der Waals surface area contributed by atoms with Crippen molar-refractivity contribution >= 4 is 43.5 Å². The SMILES string of the molecule is CCOC(=O)C1(c2ccc(NC(=O)C3CCN(S(=O)(=O)c4ccc(Br)cc4)CC3)cc2)CC1. The van der Waals surface area contributed by atoms with Crippen LogP contribution in [0, 0.1) is 5.92 Å². The number of piperidine rings is 1. The molecule has 1 heterocycles. The van der Waals surface area contributed by atoms with Gasteiger partial charge in [0, 0.05) is 29.2 Å². The van der Waals surface area contributed by atoms with Crippen LogP contribution in [-0.2, 0) is 29.8 Å². The Hall–Kier alpha value is -2.23. The van der Waals surface area contributed by atoms with Crippen LogP contribution in [0.2, 0.25) is 0 Å². The summed E-state index contributed by atoms with van der Waals surface area (Å²) in [4.78, 5) is 25.3. The first-order valence-corrected chi connectivity index (χ1v) is 13.3. The topological polar surface area (TPSA) is 92.8 Å². The maximum absolute atomic E-state index is 12.9. The van der Waals surface area contributed by atoms with Gasteiger partial charge in [0.25, 0.3) is 0 Å². The maximum atomic E-state index is 12.9. The largest absolute Gasteiger partial charge is 0.465 e. The molecule has 4 rings (SSSR count). The molecule has 1 aliphatic heterocycles. The van der Waals surface area contributed by atoms with Crippen molar-refractivity contribution in [3.05, 3.63) is 58.6 Å². The molecule has 0 aromatic heterocycles. The number of rotatable bonds is 7. The Morgan fingerprint density at radius 2 is 1.67 bits per heavy atom. The van der Waals surface area contributed by atoms with Crippen molar-refractivity contribution < 1.29 is 22.7 Å². The van der Waals surface area contributed by atoms with Crippen LogP contribution < -0.4 is 5.32 Å². The van der Waals surface area contributed by atoms with Gasteiger partial charge in [-0.3, -0.25) is 9.59 Å². The van der Waals surface area contributed by atoms with Gasteiger partial charge in [-0.2, -0.15) is 4.31 Å². The Morgan fingerprint density at radius 1 is 1.06 bits per heavy atom. The van der Waals surface area contributed by atoms with Crippen molar-refractivity contribution in [3.8, 4) is 0 Å². The van der Waals surface area contributed by atoms with E-state index in [4.69, 9.17) is 4.74 Å². The van der Waals surface area contributed by atoms with E-state index in [1.807, 2.05) is 12.1 Å². The molecule has 2 aromatic carbocycles. The third-order valence-corrected chi connectivity index (χ3v) is 8.84. The van der Waals surface area contributed by atoms with Crippen molar-refractivity contribution in [3.63, 3.8) is 0 Å². The summed E-state index contributed by atoms with van der Waals surface area (Å²) in [5.74, 6) is -0.558. The number of hydrogen-bond acceptors (Lipinski definition) is 5. The number of anilines is 1. The average Bonchev–Trinajstić information content (AvgIpc) is 3.62. The molecule has 2 aromatic rings. The van der Waals surface area contributed by atoms with Gasteiger partial charge in [0.2, 0.25) is 15.9 Å². The summed E-state index contributed by atoms with van der Waals surface area (Å²) in [5, 5.41) is 2.93. The lowest BCUT2D eigenvalue weighted by Gasteiger charge is -2.30. The van der Waals surface area contributed by atoms with E-state index >= 15 is 0 Å². The normalized spacial score (nSPS) is 18.5. The summed E-state index contributed by atoms with van der Waals surface area (Å²) < 4.78 is 33.2. The van der Waals surface area contributed by atoms with Gasteiger partial charge in [-0.25, -0.2) is 8.42 Å². The van der Waals surface area contributed by atoms with Gasteiger partial charge < -0.3 is 10.1 Å². The zero-order chi connectivity index (χ0) is 23.6. The highest BCUT2D eigenvalue weighted by atomic mass is 79.9. The molecule has 176 valence electrons. The zero-order valence-corrected chi connectivity index (χ0v) is 20.8. The van der Waals surface area contributed by atoms with Crippen LogP contribution in [0.4, 0.5) is 5.69 Å². The molecule has 7 nitrogen and oxygen atoms in total. The molecular formula is C24H27BrN2O5S. The van der Waals surface area contributed by atoms with E-state index in [-0.39, 0.29) is 22.7 Å². The number of nitrogens with one attached hydrogen (secondary N) is 1. The molecule has 1 N–H and O–H groups in total. The molecule has 0 radical (unpaired) electrons. The zero-order valence-electron chi connectivity index (χ0n) is 18.4. The van der Waals surface area contributed by atoms with Crippen molar-refractivity contribution in [1.82, 2.24) is 4.31 Å². The van der Waals surface area contributed by atoms with Crippen LogP contribution in [0.25, 0.3) is 0 Å². The highest BCUT2D eigenvalue weighted by Crippen LogP contribution is 2.49. The fraction of sp³-hybridized carbons (Fsp3) is 0.417. The van der Waals surface area contributed by atoms with Gasteiger partial charge in [-0.05, 0) is 74.6 Å². The van der Waals surface area contributed by atoms with Crippen molar-refractivity contribution in [2.24, 2.45) is 5.92 Å². The number of halogens is 1. The van der Waals surface area contributed by atoms with Crippen LogP contribution >= 0.6 is 15.9 Å². The molecule has 1 saturated heterocycles. The Kier molecular flexibility index (Phi) is 6.93. The van der Waals surface area contributed by atoms with Crippen LogP contribution in [0.15, 0.2) is 57.9 Å². The first-order valence-electron chi connectivity index (χ1n) is 11.1. The lowest BCUT2D eigenvalue weighted by Crippen LogP contribution is -2.41. The van der Waals surface area contributed by atoms with E-state index in [0.717, 1.165) is 22.9 Å². The van der Waals surface area contributed by atoms with E-state index < -0.39 is 15.4 Å². The van der Waals surface area contributed by atoms with Gasteiger partial charge in [0.05, 0.1) is 16.9 Å². The average molecular weight is 535 g/mol. The van der Waals surface area contributed by atoms with Crippen LogP contribution in [0.1, 0.15) is 38.2 Å². The molecule has 2 fully saturated rings. The molecule has 1 saturated carbocycles. The summed E-state index contributed by atoms with van der Waals surface area (Å²) in [6, 6.07) is 13.9. The highest BCUT2D eigenvalue weighted by molar-refractivity contribution is 9.10. The number of amides is 1. The molecule has 1 aliphatic carbocycles. The number of sulfonamides is 1. The number of ether oxygens (including phenoxy) is 1. The molecule has 0 spiro atoms. The predicted molar refractivity (Wildman–Crippen MR) is 128 cm³/mol. The monoisotopic (exact) mass is 534 g/mol. The predicted octanol–water partition coefficient (Wildman–Crippen LogP) is 4.08. The lowest BCUT2D eigenvalue weighted by atomic mass is 9.95. The number of nitrogens with zero attached hydrogens (tertiary/aromatic N) is 1. The van der Waals surface area contributed by atoms with Crippen molar-refractivity contribution in [1.29, 1.82) is 0 Å². The Morgan fingerprint density at radius 3 is 2.21 bits per heavy atom. The summed E-state index contributed by atoms with van der Waals surface area (Å²) in [7, 11) is -3.57. The Balaban J connectivity index is 1.33. The molecule has 0 bridgehead atoms. The summed E-state index contributed by atoms with van der Waals surface area (Å²) in [6.07, 6.45) is 2.48. The van der Waals surface area contributed by atoms with Gasteiger partial charge in [-0.15, -0.1) is 0 Å². The van der Waals surface area contributed by atoms with Crippen LogP contribution in [0.3, 0.4) is 0 Å². The fourth-order valence-corrected chi connectivity index (χ4v) is 5.97. The molecule has 0 unspecified atom stereocenters.